The number of rotatable bonds is 8. The molecule has 0 aromatic heterocycles. The zero-order chi connectivity index (χ0) is 14.6. The van der Waals surface area contributed by atoms with Crippen molar-refractivity contribution in [3.63, 3.8) is 0 Å². The lowest BCUT2D eigenvalue weighted by atomic mass is 9.94. The van der Waals surface area contributed by atoms with E-state index in [9.17, 15) is 4.79 Å². The number of amides is 1. The van der Waals surface area contributed by atoms with Gasteiger partial charge in [0.25, 0.3) is 0 Å². The van der Waals surface area contributed by atoms with E-state index in [2.05, 4.69) is 17.1 Å². The van der Waals surface area contributed by atoms with Crippen molar-refractivity contribution in [3.05, 3.63) is 0 Å². The number of hydrogen-bond donors (Lipinski definition) is 2. The highest BCUT2D eigenvalue weighted by atomic mass is 16.5. The minimum atomic E-state index is -0.544. The van der Waals surface area contributed by atoms with E-state index in [1.807, 2.05) is 6.92 Å². The van der Waals surface area contributed by atoms with Gasteiger partial charge in [-0.2, -0.15) is 0 Å². The first-order chi connectivity index (χ1) is 9.53. The molecule has 1 amide bonds. The van der Waals surface area contributed by atoms with Crippen molar-refractivity contribution in [3.8, 4) is 0 Å². The minimum Gasteiger partial charge on any atom is -0.376 e. The zero-order valence-corrected chi connectivity index (χ0v) is 12.9. The van der Waals surface area contributed by atoms with E-state index in [0.29, 0.717) is 12.1 Å². The van der Waals surface area contributed by atoms with Crippen LogP contribution in [0.3, 0.4) is 0 Å². The molecule has 2 rings (SSSR count). The zero-order valence-electron chi connectivity index (χ0n) is 12.9. The fourth-order valence-electron chi connectivity index (χ4n) is 2.83. The quantitative estimate of drug-likeness (QED) is 0.694. The summed E-state index contributed by atoms with van der Waals surface area (Å²) in [5.41, 5.74) is 5.03. The summed E-state index contributed by atoms with van der Waals surface area (Å²) < 4.78 is 5.68. The second-order valence-electron chi connectivity index (χ2n) is 6.42. The number of carbonyl (C=O) groups excluding carboxylic acids is 1. The minimum absolute atomic E-state index is 0.224. The van der Waals surface area contributed by atoms with Crippen molar-refractivity contribution >= 4 is 5.91 Å². The molecule has 2 aliphatic rings. The Kier molecular flexibility index (Phi) is 5.41. The maximum Gasteiger partial charge on any atom is 0.237 e. The molecule has 2 atom stereocenters. The molecule has 1 aliphatic carbocycles. The van der Waals surface area contributed by atoms with Gasteiger partial charge in [0.15, 0.2) is 0 Å². The van der Waals surface area contributed by atoms with Crippen LogP contribution in [0.25, 0.3) is 0 Å². The van der Waals surface area contributed by atoms with E-state index in [0.717, 1.165) is 45.5 Å². The molecule has 0 spiro atoms. The van der Waals surface area contributed by atoms with Crippen molar-refractivity contribution in [1.82, 2.24) is 10.2 Å². The first-order valence-electron chi connectivity index (χ1n) is 7.95. The average molecular weight is 283 g/mol. The van der Waals surface area contributed by atoms with Gasteiger partial charge >= 0.3 is 0 Å². The molecule has 1 aliphatic heterocycles. The number of primary amides is 1. The molecule has 2 fully saturated rings. The fraction of sp³-hybridized carbons (Fsp3) is 0.933. The number of nitrogens with zero attached hydrogens (tertiary/aromatic N) is 1. The van der Waals surface area contributed by atoms with E-state index < -0.39 is 5.54 Å². The summed E-state index contributed by atoms with van der Waals surface area (Å²) in [6, 6.07) is 0.500. The molecule has 3 N–H and O–H groups in total. The van der Waals surface area contributed by atoms with Gasteiger partial charge in [0.2, 0.25) is 5.91 Å². The summed E-state index contributed by atoms with van der Waals surface area (Å²) in [5.74, 6) is -0.224. The first-order valence-corrected chi connectivity index (χ1v) is 7.95. The molecule has 0 aromatic carbocycles. The third-order valence-corrected chi connectivity index (χ3v) is 4.47. The number of nitrogens with one attached hydrogen (secondary N) is 1. The molecule has 116 valence electrons. The Morgan fingerprint density at radius 2 is 2.25 bits per heavy atom. The highest BCUT2D eigenvalue weighted by molar-refractivity contribution is 5.84. The van der Waals surface area contributed by atoms with Crippen LogP contribution < -0.4 is 11.1 Å². The molecule has 1 saturated carbocycles. The molecule has 0 aromatic rings. The van der Waals surface area contributed by atoms with Crippen LogP contribution in [0.15, 0.2) is 0 Å². The van der Waals surface area contributed by atoms with Crippen LogP contribution in [0, 0.1) is 0 Å². The summed E-state index contributed by atoms with van der Waals surface area (Å²) in [5, 5.41) is 3.41. The first kappa shape index (κ1) is 15.7. The summed E-state index contributed by atoms with van der Waals surface area (Å²) in [7, 11) is 0. The normalized spacial score (nSPS) is 27.2. The summed E-state index contributed by atoms with van der Waals surface area (Å²) in [6.45, 7) is 7.97. The third-order valence-electron chi connectivity index (χ3n) is 4.47. The number of nitrogens with two attached hydrogens (primary N) is 1. The van der Waals surface area contributed by atoms with Crippen LogP contribution in [0.5, 0.6) is 0 Å². The number of morpholine rings is 1. The molecule has 1 saturated heterocycles. The van der Waals surface area contributed by atoms with Crippen LogP contribution >= 0.6 is 0 Å². The molecule has 20 heavy (non-hydrogen) atoms. The van der Waals surface area contributed by atoms with Crippen LogP contribution in [0.1, 0.15) is 46.0 Å². The van der Waals surface area contributed by atoms with Gasteiger partial charge in [0.05, 0.1) is 18.2 Å². The van der Waals surface area contributed by atoms with E-state index in [4.69, 9.17) is 10.5 Å². The van der Waals surface area contributed by atoms with Crippen LogP contribution in [0.4, 0.5) is 0 Å². The molecular formula is C15H29N3O2. The smallest absolute Gasteiger partial charge is 0.237 e. The summed E-state index contributed by atoms with van der Waals surface area (Å²) in [6.07, 6.45) is 5.59. The lowest BCUT2D eigenvalue weighted by molar-refractivity contribution is -0.124. The topological polar surface area (TPSA) is 67.6 Å². The van der Waals surface area contributed by atoms with Gasteiger partial charge in [-0.25, -0.2) is 0 Å². The molecule has 2 unspecified atom stereocenters. The number of carbonyl (C=O) groups is 1. The third kappa shape index (κ3) is 4.43. The fourth-order valence-corrected chi connectivity index (χ4v) is 2.83. The Labute approximate surface area is 122 Å². The standard InChI is InChI=1S/C15H29N3O2/c1-3-13-11-18(9-10-20-13)8-4-7-15(2,14(16)19)17-12-5-6-12/h12-13,17H,3-11H2,1-2H3,(H2,16,19). The van der Waals surface area contributed by atoms with Crippen molar-refractivity contribution in [1.29, 1.82) is 0 Å². The maximum atomic E-state index is 11.7. The van der Waals surface area contributed by atoms with Gasteiger partial charge in [-0.1, -0.05) is 6.92 Å². The van der Waals surface area contributed by atoms with Gasteiger partial charge in [0, 0.05) is 19.1 Å². The molecule has 5 nitrogen and oxygen atoms in total. The Bertz CT molecular complexity index is 333. The predicted molar refractivity (Wildman–Crippen MR) is 79.5 cm³/mol. The second-order valence-corrected chi connectivity index (χ2v) is 6.42. The van der Waals surface area contributed by atoms with Crippen molar-refractivity contribution in [2.45, 2.75) is 63.6 Å². The number of hydrogen-bond acceptors (Lipinski definition) is 4. The largest absolute Gasteiger partial charge is 0.376 e. The second kappa shape index (κ2) is 6.87. The number of ether oxygens (including phenoxy) is 1. The maximum absolute atomic E-state index is 11.7. The van der Waals surface area contributed by atoms with E-state index >= 15 is 0 Å². The van der Waals surface area contributed by atoms with Crippen LogP contribution in [0.2, 0.25) is 0 Å². The monoisotopic (exact) mass is 283 g/mol. The van der Waals surface area contributed by atoms with E-state index in [1.54, 1.807) is 0 Å². The van der Waals surface area contributed by atoms with Crippen LogP contribution in [-0.4, -0.2) is 54.7 Å². The summed E-state index contributed by atoms with van der Waals surface area (Å²) >= 11 is 0. The molecule has 0 radical (unpaired) electrons. The van der Waals surface area contributed by atoms with Gasteiger partial charge in [-0.15, -0.1) is 0 Å². The Balaban J connectivity index is 1.73. The average Bonchev–Trinajstić information content (AvgIpc) is 3.22. The molecular weight excluding hydrogens is 254 g/mol. The predicted octanol–water partition coefficient (Wildman–Crippen LogP) is 0.873. The van der Waals surface area contributed by atoms with Gasteiger partial charge in [-0.3, -0.25) is 9.69 Å². The Morgan fingerprint density at radius 3 is 2.85 bits per heavy atom. The lowest BCUT2D eigenvalue weighted by Gasteiger charge is -2.34. The van der Waals surface area contributed by atoms with Gasteiger partial charge in [0.1, 0.15) is 0 Å². The van der Waals surface area contributed by atoms with Crippen molar-refractivity contribution in [2.24, 2.45) is 5.73 Å². The highest BCUT2D eigenvalue weighted by Gasteiger charge is 2.36. The van der Waals surface area contributed by atoms with Gasteiger partial charge < -0.3 is 15.8 Å². The molecule has 1 heterocycles. The highest BCUT2D eigenvalue weighted by Crippen LogP contribution is 2.25. The Hall–Kier alpha value is -0.650. The SMILES string of the molecule is CCC1CN(CCCC(C)(NC2CC2)C(N)=O)CCO1. The van der Waals surface area contributed by atoms with Crippen molar-refractivity contribution in [2.75, 3.05) is 26.2 Å². The van der Waals surface area contributed by atoms with E-state index in [1.165, 1.54) is 12.8 Å². The lowest BCUT2D eigenvalue weighted by Crippen LogP contribution is -2.54. The summed E-state index contributed by atoms with van der Waals surface area (Å²) in [4.78, 5) is 14.1. The van der Waals surface area contributed by atoms with E-state index in [-0.39, 0.29) is 5.91 Å². The molecule has 0 bridgehead atoms. The van der Waals surface area contributed by atoms with Crippen LogP contribution in [-0.2, 0) is 9.53 Å². The molecule has 5 heteroatoms. The van der Waals surface area contributed by atoms with Gasteiger partial charge in [-0.05, 0) is 45.6 Å². The van der Waals surface area contributed by atoms with Crippen molar-refractivity contribution < 1.29 is 9.53 Å². The Morgan fingerprint density at radius 1 is 1.50 bits per heavy atom.